The minimum Gasteiger partial charge on any atom is -0.466 e. The van der Waals surface area contributed by atoms with Gasteiger partial charge in [0.15, 0.2) is 5.78 Å². The van der Waals surface area contributed by atoms with E-state index in [1.807, 2.05) is 0 Å². The summed E-state index contributed by atoms with van der Waals surface area (Å²) in [6.07, 6.45) is 0. The number of halogens is 2. The fraction of sp³-hybridized carbons (Fsp3) is 0.188. The Kier molecular flexibility index (Phi) is 8.50. The fourth-order valence-electron chi connectivity index (χ4n) is 5.55. The standard InChI is InChI=1S/C32H26F2N2O9S/c1-15-25(30(39)43-3)27(26(16(2)35-15)31(40)44-4)21-14-18(10-12-22(21)45-32(33)34)36-29(38)17-9-11-20-24(13-17)46(41,42)23-8-6-5-7-19(23)28(20)37/h5-14,27,32,35H,1-4H3,(H,36,38). The number of anilines is 1. The molecule has 0 spiro atoms. The molecule has 0 saturated carbocycles. The van der Waals surface area contributed by atoms with Crippen LogP contribution in [0, 0.1) is 0 Å². The molecule has 46 heavy (non-hydrogen) atoms. The van der Waals surface area contributed by atoms with Crippen LogP contribution in [0.1, 0.15) is 51.6 Å². The third-order valence-electron chi connectivity index (χ3n) is 7.56. The molecule has 0 bridgehead atoms. The van der Waals surface area contributed by atoms with Crippen molar-refractivity contribution in [1.29, 1.82) is 0 Å². The highest BCUT2D eigenvalue weighted by atomic mass is 32.2. The summed E-state index contributed by atoms with van der Waals surface area (Å²) in [5, 5.41) is 5.48. The monoisotopic (exact) mass is 652 g/mol. The van der Waals surface area contributed by atoms with Crippen molar-refractivity contribution in [3.63, 3.8) is 0 Å². The minimum absolute atomic E-state index is 0.0193. The van der Waals surface area contributed by atoms with Gasteiger partial charge in [0.2, 0.25) is 9.84 Å². The number of esters is 2. The van der Waals surface area contributed by atoms with Crippen LogP contribution in [0.25, 0.3) is 0 Å². The number of ether oxygens (including phenoxy) is 3. The lowest BCUT2D eigenvalue weighted by molar-refractivity contribution is -0.137. The molecule has 2 heterocycles. The highest BCUT2D eigenvalue weighted by molar-refractivity contribution is 7.91. The first-order chi connectivity index (χ1) is 21.8. The number of fused-ring (bicyclic) bond motifs is 2. The number of carbonyl (C=O) groups excluding carboxylic acids is 4. The summed E-state index contributed by atoms with van der Waals surface area (Å²) >= 11 is 0. The lowest BCUT2D eigenvalue weighted by atomic mass is 9.79. The lowest BCUT2D eigenvalue weighted by Crippen LogP contribution is -2.32. The van der Waals surface area contributed by atoms with Gasteiger partial charge in [-0.15, -0.1) is 0 Å². The van der Waals surface area contributed by atoms with E-state index in [2.05, 4.69) is 10.6 Å². The Morgan fingerprint density at radius 1 is 0.848 bits per heavy atom. The topological polar surface area (TPSA) is 154 Å². The van der Waals surface area contributed by atoms with E-state index in [4.69, 9.17) is 14.2 Å². The van der Waals surface area contributed by atoms with Crippen molar-refractivity contribution in [3.05, 3.63) is 105 Å². The van der Waals surface area contributed by atoms with E-state index in [0.717, 1.165) is 26.4 Å². The molecular weight excluding hydrogens is 626 g/mol. The van der Waals surface area contributed by atoms with E-state index in [1.165, 1.54) is 56.3 Å². The Morgan fingerprint density at radius 3 is 2.07 bits per heavy atom. The third-order valence-corrected chi connectivity index (χ3v) is 9.42. The van der Waals surface area contributed by atoms with Gasteiger partial charge < -0.3 is 24.8 Å². The van der Waals surface area contributed by atoms with Crippen LogP contribution in [-0.2, 0) is 28.9 Å². The number of amides is 1. The summed E-state index contributed by atoms with van der Waals surface area (Å²) in [6, 6.07) is 13.0. The molecule has 0 aliphatic carbocycles. The smallest absolute Gasteiger partial charge is 0.387 e. The molecule has 5 rings (SSSR count). The molecule has 3 aromatic carbocycles. The third kappa shape index (κ3) is 5.51. The van der Waals surface area contributed by atoms with Crippen LogP contribution < -0.4 is 15.4 Å². The lowest BCUT2D eigenvalue weighted by Gasteiger charge is -2.31. The second-order valence-electron chi connectivity index (χ2n) is 10.2. The second kappa shape index (κ2) is 12.2. The van der Waals surface area contributed by atoms with E-state index < -0.39 is 51.7 Å². The van der Waals surface area contributed by atoms with Crippen LogP contribution in [0.15, 0.2) is 93.0 Å². The maximum absolute atomic E-state index is 13.5. The first kappa shape index (κ1) is 32.0. The van der Waals surface area contributed by atoms with Gasteiger partial charge in [-0.05, 0) is 62.4 Å². The SMILES string of the molecule is COC(=O)C1=C(C)NC(C)=C(C(=O)OC)C1c1cc(NC(=O)c2ccc3c(c2)S(=O)(=O)c2ccccc2C3=O)ccc1OC(F)F. The molecule has 0 radical (unpaired) electrons. The summed E-state index contributed by atoms with van der Waals surface area (Å²) in [5.74, 6) is -4.78. The summed E-state index contributed by atoms with van der Waals surface area (Å²) in [5.41, 5.74) is 0.0726. The van der Waals surface area contributed by atoms with Gasteiger partial charge in [0.1, 0.15) is 5.75 Å². The van der Waals surface area contributed by atoms with Gasteiger partial charge in [0, 0.05) is 39.3 Å². The predicted octanol–water partition coefficient (Wildman–Crippen LogP) is 4.50. The van der Waals surface area contributed by atoms with Crippen LogP contribution in [-0.4, -0.2) is 52.9 Å². The molecule has 0 saturated heterocycles. The number of carbonyl (C=O) groups is 4. The van der Waals surface area contributed by atoms with Gasteiger partial charge in [-0.1, -0.05) is 12.1 Å². The Morgan fingerprint density at radius 2 is 1.46 bits per heavy atom. The normalized spacial score (nSPS) is 15.5. The maximum atomic E-state index is 13.5. The maximum Gasteiger partial charge on any atom is 0.387 e. The summed E-state index contributed by atoms with van der Waals surface area (Å²) < 4.78 is 68.4. The molecule has 2 aliphatic rings. The Labute approximate surface area is 261 Å². The molecule has 0 atom stereocenters. The zero-order valence-corrected chi connectivity index (χ0v) is 25.6. The molecule has 2 aliphatic heterocycles. The van der Waals surface area contributed by atoms with Gasteiger partial charge in [-0.25, -0.2) is 18.0 Å². The number of alkyl halides is 2. The summed E-state index contributed by atoms with van der Waals surface area (Å²) in [4.78, 5) is 51.8. The Balaban J connectivity index is 1.59. The van der Waals surface area contributed by atoms with Crippen molar-refractivity contribution in [1.82, 2.24) is 5.32 Å². The van der Waals surface area contributed by atoms with Crippen LogP contribution in [0.4, 0.5) is 14.5 Å². The number of dihydropyridines is 1. The molecule has 0 aromatic heterocycles. The van der Waals surface area contributed by atoms with E-state index in [1.54, 1.807) is 6.07 Å². The highest BCUT2D eigenvalue weighted by Gasteiger charge is 2.40. The van der Waals surface area contributed by atoms with Crippen molar-refractivity contribution < 1.29 is 50.6 Å². The van der Waals surface area contributed by atoms with Gasteiger partial charge >= 0.3 is 18.6 Å². The van der Waals surface area contributed by atoms with Crippen LogP contribution >= 0.6 is 0 Å². The number of ketones is 1. The second-order valence-corrected chi connectivity index (χ2v) is 12.1. The average Bonchev–Trinajstić information content (AvgIpc) is 3.03. The van der Waals surface area contributed by atoms with Gasteiger partial charge in [-0.3, -0.25) is 9.59 Å². The molecule has 3 aromatic rings. The van der Waals surface area contributed by atoms with Crippen LogP contribution in [0.3, 0.4) is 0 Å². The molecular formula is C32H26F2N2O9S. The van der Waals surface area contributed by atoms with Crippen molar-refractivity contribution in [3.8, 4) is 5.75 Å². The van der Waals surface area contributed by atoms with Crippen molar-refractivity contribution in [2.45, 2.75) is 36.2 Å². The average molecular weight is 653 g/mol. The predicted molar refractivity (Wildman–Crippen MR) is 158 cm³/mol. The molecule has 0 fully saturated rings. The minimum atomic E-state index is -4.14. The number of methoxy groups -OCH3 is 2. The molecule has 14 heteroatoms. The number of benzene rings is 3. The summed E-state index contributed by atoms with van der Waals surface area (Å²) in [7, 11) is -1.91. The van der Waals surface area contributed by atoms with Crippen molar-refractivity contribution in [2.24, 2.45) is 0 Å². The van der Waals surface area contributed by atoms with Crippen LogP contribution in [0.5, 0.6) is 5.75 Å². The van der Waals surface area contributed by atoms with E-state index >= 15 is 0 Å². The Bertz CT molecular complexity index is 1960. The first-order valence-corrected chi connectivity index (χ1v) is 15.1. The molecule has 1 amide bonds. The Hall–Kier alpha value is -5.37. The number of sulfone groups is 1. The van der Waals surface area contributed by atoms with Gasteiger partial charge in [0.05, 0.1) is 41.1 Å². The molecule has 0 unspecified atom stereocenters. The molecule has 2 N–H and O–H groups in total. The first-order valence-electron chi connectivity index (χ1n) is 13.6. The number of allylic oxidation sites excluding steroid dienone is 2. The largest absolute Gasteiger partial charge is 0.466 e. The number of rotatable bonds is 7. The highest BCUT2D eigenvalue weighted by Crippen LogP contribution is 2.44. The summed E-state index contributed by atoms with van der Waals surface area (Å²) in [6.45, 7) is -0.225. The van der Waals surface area contributed by atoms with Crippen molar-refractivity contribution >= 4 is 39.2 Å². The number of nitrogens with one attached hydrogen (secondary N) is 2. The van der Waals surface area contributed by atoms with E-state index in [0.29, 0.717) is 0 Å². The molecule has 11 nitrogen and oxygen atoms in total. The van der Waals surface area contributed by atoms with E-state index in [9.17, 15) is 36.4 Å². The number of hydrogen-bond donors (Lipinski definition) is 2. The van der Waals surface area contributed by atoms with E-state index in [-0.39, 0.29) is 60.3 Å². The number of hydrogen-bond acceptors (Lipinski definition) is 10. The molecule has 238 valence electrons. The zero-order chi connectivity index (χ0) is 33.5. The van der Waals surface area contributed by atoms with Crippen LogP contribution in [0.2, 0.25) is 0 Å². The quantitative estimate of drug-likeness (QED) is 0.273. The van der Waals surface area contributed by atoms with Gasteiger partial charge in [0.25, 0.3) is 5.91 Å². The van der Waals surface area contributed by atoms with Crippen molar-refractivity contribution in [2.75, 3.05) is 19.5 Å². The fourth-order valence-corrected chi connectivity index (χ4v) is 7.23. The zero-order valence-electron chi connectivity index (χ0n) is 24.8. The van der Waals surface area contributed by atoms with Gasteiger partial charge in [-0.2, -0.15) is 8.78 Å².